The summed E-state index contributed by atoms with van der Waals surface area (Å²) < 4.78 is 2.23. The van der Waals surface area contributed by atoms with Crippen molar-refractivity contribution in [1.29, 1.82) is 0 Å². The van der Waals surface area contributed by atoms with Crippen molar-refractivity contribution in [2.24, 2.45) is 0 Å². The van der Waals surface area contributed by atoms with E-state index in [2.05, 4.69) is 43.7 Å². The van der Waals surface area contributed by atoms with Crippen LogP contribution in [0.4, 0.5) is 0 Å². The Morgan fingerprint density at radius 1 is 1.29 bits per heavy atom. The fraction of sp³-hybridized carbons (Fsp3) is 1.00. The minimum Gasteiger partial charge on any atom is -1.00 e. The molecule has 0 spiro atoms. The molecule has 0 bridgehead atoms. The van der Waals surface area contributed by atoms with Gasteiger partial charge in [-0.1, -0.05) is 0 Å². The van der Waals surface area contributed by atoms with Gasteiger partial charge in [0.2, 0.25) is 0 Å². The zero-order valence-electron chi connectivity index (χ0n) is 4.91. The molecule has 0 aromatic rings. The number of quaternary nitrogens is 1. The number of hydrogen-bond acceptors (Lipinski definition) is 0. The van der Waals surface area contributed by atoms with Gasteiger partial charge in [-0.3, -0.25) is 0 Å². The minimum absolute atomic E-state index is 0. The molecule has 0 aliphatic heterocycles. The smallest absolute Gasteiger partial charge is 0.129 e. The molecular formula is C4H11I2N. The normalized spacial score (nSPS) is 10.3. The monoisotopic (exact) mass is 327 g/mol. The summed E-state index contributed by atoms with van der Waals surface area (Å²) in [4.78, 5) is 0. The molecule has 1 nitrogen and oxygen atoms in total. The first-order valence-electron chi connectivity index (χ1n) is 1.93. The third-order valence-electron chi connectivity index (χ3n) is 0.359. The lowest BCUT2D eigenvalue weighted by molar-refractivity contribution is -0.853. The molecule has 7 heavy (non-hydrogen) atoms. The van der Waals surface area contributed by atoms with Gasteiger partial charge in [-0.15, -0.1) is 0 Å². The van der Waals surface area contributed by atoms with E-state index in [4.69, 9.17) is 0 Å². The van der Waals surface area contributed by atoms with Crippen LogP contribution in [0.3, 0.4) is 0 Å². The van der Waals surface area contributed by atoms with E-state index in [1.165, 1.54) is 4.55 Å². The van der Waals surface area contributed by atoms with Crippen LogP contribution in [0.25, 0.3) is 0 Å². The Labute approximate surface area is 76.2 Å². The SMILES string of the molecule is C[N+](C)(C)CI.[I-]. The second kappa shape index (κ2) is 4.31. The highest BCUT2D eigenvalue weighted by Crippen LogP contribution is 1.93. The predicted octanol–water partition coefficient (Wildman–Crippen LogP) is -1.91. The molecule has 0 atom stereocenters. The molecule has 0 saturated carbocycles. The van der Waals surface area contributed by atoms with Gasteiger partial charge in [0.15, 0.2) is 0 Å². The molecule has 0 unspecified atom stereocenters. The van der Waals surface area contributed by atoms with Crippen molar-refractivity contribution in [1.82, 2.24) is 0 Å². The summed E-state index contributed by atoms with van der Waals surface area (Å²) in [5, 5.41) is 0. The lowest BCUT2D eigenvalue weighted by atomic mass is 10.8. The maximum absolute atomic E-state index is 2.37. The van der Waals surface area contributed by atoms with E-state index in [0.29, 0.717) is 0 Å². The summed E-state index contributed by atoms with van der Waals surface area (Å²) in [6, 6.07) is 0. The van der Waals surface area contributed by atoms with Gasteiger partial charge in [-0.2, -0.15) is 0 Å². The number of halogens is 2. The van der Waals surface area contributed by atoms with Crippen LogP contribution >= 0.6 is 22.6 Å². The molecule has 0 saturated heterocycles. The molecule has 0 aliphatic carbocycles. The van der Waals surface area contributed by atoms with Gasteiger partial charge in [0.1, 0.15) is 4.55 Å². The van der Waals surface area contributed by atoms with Crippen LogP contribution in [0.15, 0.2) is 0 Å². The fourth-order valence-electron chi connectivity index (χ4n) is 0. The summed E-state index contributed by atoms with van der Waals surface area (Å²) in [5.74, 6) is 0. The van der Waals surface area contributed by atoms with E-state index in [1.807, 2.05) is 0 Å². The van der Waals surface area contributed by atoms with Crippen molar-refractivity contribution in [3.63, 3.8) is 0 Å². The maximum Gasteiger partial charge on any atom is 0.129 e. The number of nitrogens with zero attached hydrogens (tertiary/aromatic N) is 1. The highest BCUT2D eigenvalue weighted by atomic mass is 127. The Morgan fingerprint density at radius 3 is 1.43 bits per heavy atom. The Balaban J connectivity index is 0. The van der Waals surface area contributed by atoms with Crippen molar-refractivity contribution in [2.75, 3.05) is 25.7 Å². The topological polar surface area (TPSA) is 0 Å². The first kappa shape index (κ1) is 11.2. The highest BCUT2D eigenvalue weighted by Gasteiger charge is 1.99. The molecule has 3 heteroatoms. The molecule has 46 valence electrons. The van der Waals surface area contributed by atoms with E-state index >= 15 is 0 Å². The minimum atomic E-state index is 0. The van der Waals surface area contributed by atoms with Crippen LogP contribution in [-0.2, 0) is 0 Å². The molecule has 0 aliphatic rings. The lowest BCUT2D eigenvalue weighted by Crippen LogP contribution is -3.00. The Morgan fingerprint density at radius 2 is 1.43 bits per heavy atom. The third-order valence-corrected chi connectivity index (χ3v) is 2.41. The van der Waals surface area contributed by atoms with Gasteiger partial charge < -0.3 is 28.5 Å². The average Bonchev–Trinajstić information content (AvgIpc) is 1.35. The zero-order valence-corrected chi connectivity index (χ0v) is 9.23. The van der Waals surface area contributed by atoms with E-state index in [9.17, 15) is 0 Å². The van der Waals surface area contributed by atoms with Crippen LogP contribution in [0, 0.1) is 0 Å². The average molecular weight is 327 g/mol. The van der Waals surface area contributed by atoms with E-state index in [1.54, 1.807) is 0 Å². The van der Waals surface area contributed by atoms with Gasteiger partial charge in [0, 0.05) is 0 Å². The van der Waals surface area contributed by atoms with Crippen molar-refractivity contribution in [2.45, 2.75) is 0 Å². The number of rotatable bonds is 1. The standard InChI is InChI=1S/C4H11IN.HI/c1-6(2,3)4-5;/h4H2,1-3H3;1H/q+1;/p-1. The van der Waals surface area contributed by atoms with Crippen LogP contribution in [0.2, 0.25) is 0 Å². The van der Waals surface area contributed by atoms with Crippen molar-refractivity contribution >= 4 is 22.6 Å². The van der Waals surface area contributed by atoms with Gasteiger partial charge in [-0.25, -0.2) is 0 Å². The van der Waals surface area contributed by atoms with Crippen LogP contribution in [0.1, 0.15) is 0 Å². The molecule has 0 N–H and O–H groups in total. The molecule has 0 heterocycles. The molecule has 0 aromatic heterocycles. The van der Waals surface area contributed by atoms with Gasteiger partial charge in [0.05, 0.1) is 21.1 Å². The largest absolute Gasteiger partial charge is 1.00 e. The molecule has 0 rings (SSSR count). The van der Waals surface area contributed by atoms with Gasteiger partial charge in [0.25, 0.3) is 0 Å². The highest BCUT2D eigenvalue weighted by molar-refractivity contribution is 14.1. The summed E-state index contributed by atoms with van der Waals surface area (Å²) in [6.07, 6.45) is 0. The number of alkyl halides is 1. The van der Waals surface area contributed by atoms with E-state index in [0.717, 1.165) is 4.48 Å². The van der Waals surface area contributed by atoms with Gasteiger partial charge >= 0.3 is 0 Å². The Hall–Kier alpha value is 1.42. The summed E-state index contributed by atoms with van der Waals surface area (Å²) in [6.45, 7) is 0. The fourth-order valence-corrected chi connectivity index (χ4v) is 0. The second-order valence-electron chi connectivity index (χ2n) is 2.41. The second-order valence-corrected chi connectivity index (χ2v) is 3.09. The molecule has 0 fully saturated rings. The van der Waals surface area contributed by atoms with Crippen molar-refractivity contribution in [3.05, 3.63) is 0 Å². The summed E-state index contributed by atoms with van der Waals surface area (Å²) in [5.41, 5.74) is 0. The van der Waals surface area contributed by atoms with E-state index in [-0.39, 0.29) is 24.0 Å². The maximum atomic E-state index is 2.37. The van der Waals surface area contributed by atoms with E-state index < -0.39 is 0 Å². The quantitative estimate of drug-likeness (QED) is 0.228. The number of hydrogen-bond donors (Lipinski definition) is 0. The van der Waals surface area contributed by atoms with Crippen LogP contribution < -0.4 is 24.0 Å². The van der Waals surface area contributed by atoms with Crippen molar-refractivity contribution in [3.8, 4) is 0 Å². The molecule has 0 radical (unpaired) electrons. The Bertz CT molecular complexity index is 39.4. The first-order valence-corrected chi connectivity index (χ1v) is 3.45. The third kappa shape index (κ3) is 11.2. The van der Waals surface area contributed by atoms with Crippen LogP contribution in [-0.4, -0.2) is 30.2 Å². The summed E-state index contributed by atoms with van der Waals surface area (Å²) in [7, 11) is 6.52. The summed E-state index contributed by atoms with van der Waals surface area (Å²) >= 11 is 2.37. The Kier molecular flexibility index (Phi) is 6.93. The van der Waals surface area contributed by atoms with Gasteiger partial charge in [-0.05, 0) is 22.6 Å². The predicted molar refractivity (Wildman–Crippen MR) is 36.9 cm³/mol. The molecule has 0 aromatic carbocycles. The molecular weight excluding hydrogens is 316 g/mol. The van der Waals surface area contributed by atoms with Crippen LogP contribution in [0.5, 0.6) is 0 Å². The molecule has 0 amide bonds. The zero-order chi connectivity index (χ0) is 5.21. The van der Waals surface area contributed by atoms with Crippen molar-refractivity contribution < 1.29 is 28.5 Å². The lowest BCUT2D eigenvalue weighted by Gasteiger charge is -2.19. The first-order chi connectivity index (χ1) is 2.56.